The molecule has 0 aliphatic heterocycles. The van der Waals surface area contributed by atoms with E-state index in [4.69, 9.17) is 4.74 Å². The highest BCUT2D eigenvalue weighted by Crippen LogP contribution is 2.25. The van der Waals surface area contributed by atoms with E-state index < -0.39 is 0 Å². The highest BCUT2D eigenvalue weighted by atomic mass is 32.2. The summed E-state index contributed by atoms with van der Waals surface area (Å²) in [6, 6.07) is 12.7. The van der Waals surface area contributed by atoms with Crippen molar-refractivity contribution in [2.75, 3.05) is 20.4 Å². The molecule has 5 heteroatoms. The van der Waals surface area contributed by atoms with Gasteiger partial charge in [0.25, 0.3) is 5.91 Å². The molecule has 2 rings (SSSR count). The number of methoxy groups -OCH3 is 1. The molecule has 0 fully saturated rings. The van der Waals surface area contributed by atoms with Gasteiger partial charge in [-0.05, 0) is 36.1 Å². The van der Waals surface area contributed by atoms with Gasteiger partial charge >= 0.3 is 0 Å². The summed E-state index contributed by atoms with van der Waals surface area (Å²) in [5, 5.41) is 9.95. The minimum absolute atomic E-state index is 0.0751. The highest BCUT2D eigenvalue weighted by molar-refractivity contribution is 7.98. The Labute approximate surface area is 134 Å². The summed E-state index contributed by atoms with van der Waals surface area (Å²) in [6.07, 6.45) is 2.02. The van der Waals surface area contributed by atoms with E-state index in [1.165, 1.54) is 18.1 Å². The first kappa shape index (κ1) is 16.2. The van der Waals surface area contributed by atoms with E-state index in [-0.39, 0.29) is 17.2 Å². The summed E-state index contributed by atoms with van der Waals surface area (Å²) < 4.78 is 5.02. The number of benzene rings is 2. The molecule has 0 heterocycles. The molecule has 22 heavy (non-hydrogen) atoms. The Balaban J connectivity index is 2.11. The zero-order chi connectivity index (χ0) is 16.1. The number of amides is 1. The van der Waals surface area contributed by atoms with Crippen LogP contribution in [0.4, 0.5) is 0 Å². The van der Waals surface area contributed by atoms with Crippen LogP contribution in [0.15, 0.2) is 47.4 Å². The zero-order valence-electron chi connectivity index (χ0n) is 12.9. The molecule has 0 spiro atoms. The van der Waals surface area contributed by atoms with Crippen molar-refractivity contribution in [2.45, 2.75) is 11.4 Å². The lowest BCUT2D eigenvalue weighted by Gasteiger charge is -2.18. The van der Waals surface area contributed by atoms with Crippen LogP contribution in [-0.2, 0) is 6.54 Å². The van der Waals surface area contributed by atoms with Gasteiger partial charge in [0.1, 0.15) is 11.5 Å². The second-order valence-electron chi connectivity index (χ2n) is 4.89. The third-order valence-corrected chi connectivity index (χ3v) is 4.10. The second-order valence-corrected chi connectivity index (χ2v) is 5.77. The molecular weight excluding hydrogens is 298 g/mol. The third-order valence-electron chi connectivity index (χ3n) is 3.36. The molecule has 0 aromatic heterocycles. The summed E-state index contributed by atoms with van der Waals surface area (Å²) >= 11 is 1.68. The van der Waals surface area contributed by atoms with Crippen molar-refractivity contribution in [3.05, 3.63) is 53.6 Å². The first-order valence-corrected chi connectivity index (χ1v) is 8.03. The molecule has 0 aliphatic carbocycles. The maximum Gasteiger partial charge on any atom is 0.257 e. The van der Waals surface area contributed by atoms with E-state index in [1.54, 1.807) is 35.8 Å². The van der Waals surface area contributed by atoms with Crippen molar-refractivity contribution < 1.29 is 14.6 Å². The van der Waals surface area contributed by atoms with Crippen molar-refractivity contribution in [1.29, 1.82) is 0 Å². The van der Waals surface area contributed by atoms with Gasteiger partial charge in [-0.3, -0.25) is 4.79 Å². The number of thioether (sulfide) groups is 1. The van der Waals surface area contributed by atoms with Gasteiger partial charge in [0.15, 0.2) is 0 Å². The highest BCUT2D eigenvalue weighted by Gasteiger charge is 2.16. The van der Waals surface area contributed by atoms with Crippen LogP contribution in [0, 0.1) is 0 Å². The molecule has 116 valence electrons. The minimum Gasteiger partial charge on any atom is -0.507 e. The molecule has 0 aliphatic rings. The Hall–Kier alpha value is -2.14. The van der Waals surface area contributed by atoms with Gasteiger partial charge in [-0.15, -0.1) is 11.8 Å². The molecule has 2 aromatic carbocycles. The van der Waals surface area contributed by atoms with Crippen LogP contribution in [-0.4, -0.2) is 36.3 Å². The quantitative estimate of drug-likeness (QED) is 0.859. The van der Waals surface area contributed by atoms with Crippen LogP contribution in [0.3, 0.4) is 0 Å². The van der Waals surface area contributed by atoms with Gasteiger partial charge in [0.2, 0.25) is 0 Å². The topological polar surface area (TPSA) is 49.8 Å². The second kappa shape index (κ2) is 7.22. The lowest BCUT2D eigenvalue weighted by Crippen LogP contribution is -2.26. The molecule has 0 unspecified atom stereocenters. The maximum atomic E-state index is 12.4. The van der Waals surface area contributed by atoms with Crippen molar-refractivity contribution in [3.63, 3.8) is 0 Å². The molecule has 0 radical (unpaired) electrons. The Bertz CT molecular complexity index is 655. The fraction of sp³-hybridized carbons (Fsp3) is 0.235. The fourth-order valence-corrected chi connectivity index (χ4v) is 2.51. The number of hydrogen-bond acceptors (Lipinski definition) is 4. The molecule has 0 atom stereocenters. The van der Waals surface area contributed by atoms with Crippen LogP contribution in [0.2, 0.25) is 0 Å². The van der Waals surface area contributed by atoms with Gasteiger partial charge in [-0.1, -0.05) is 12.1 Å². The molecule has 0 saturated carbocycles. The number of phenols is 1. The molecule has 1 amide bonds. The SMILES string of the molecule is COc1ccc(C(=O)N(C)Cc2ccc(SC)cc2)c(O)c1. The van der Waals surface area contributed by atoms with Crippen molar-refractivity contribution >= 4 is 17.7 Å². The van der Waals surface area contributed by atoms with Crippen LogP contribution in [0.25, 0.3) is 0 Å². The molecule has 4 nitrogen and oxygen atoms in total. The fourth-order valence-electron chi connectivity index (χ4n) is 2.10. The van der Waals surface area contributed by atoms with E-state index in [2.05, 4.69) is 0 Å². The third kappa shape index (κ3) is 3.74. The largest absolute Gasteiger partial charge is 0.507 e. The Morgan fingerprint density at radius 3 is 2.45 bits per heavy atom. The number of rotatable bonds is 5. The monoisotopic (exact) mass is 317 g/mol. The number of aromatic hydroxyl groups is 1. The van der Waals surface area contributed by atoms with E-state index in [9.17, 15) is 9.90 Å². The average Bonchev–Trinajstić information content (AvgIpc) is 2.54. The van der Waals surface area contributed by atoms with Crippen LogP contribution in [0.5, 0.6) is 11.5 Å². The van der Waals surface area contributed by atoms with Crippen molar-refractivity contribution in [3.8, 4) is 11.5 Å². The first-order valence-electron chi connectivity index (χ1n) is 6.80. The predicted octanol–water partition coefficient (Wildman–Crippen LogP) is 3.39. The number of carbonyl (C=O) groups excluding carboxylic acids is 1. The summed E-state index contributed by atoms with van der Waals surface area (Å²) in [6.45, 7) is 0.485. The van der Waals surface area contributed by atoms with Gasteiger partial charge in [0, 0.05) is 24.6 Å². The molecule has 0 saturated heterocycles. The number of phenolic OH excluding ortho intramolecular Hbond substituents is 1. The smallest absolute Gasteiger partial charge is 0.257 e. The minimum atomic E-state index is -0.228. The number of ether oxygens (including phenoxy) is 1. The summed E-state index contributed by atoms with van der Waals surface area (Å²) in [5.41, 5.74) is 1.31. The molecule has 1 N–H and O–H groups in total. The van der Waals surface area contributed by atoms with Crippen LogP contribution in [0.1, 0.15) is 15.9 Å². The van der Waals surface area contributed by atoms with E-state index >= 15 is 0 Å². The molecular formula is C17H19NO3S. The first-order chi connectivity index (χ1) is 10.5. The number of nitrogens with zero attached hydrogens (tertiary/aromatic N) is 1. The van der Waals surface area contributed by atoms with Crippen molar-refractivity contribution in [1.82, 2.24) is 4.90 Å². The van der Waals surface area contributed by atoms with Gasteiger partial charge in [-0.25, -0.2) is 0 Å². The molecule has 0 bridgehead atoms. The standard InChI is InChI=1S/C17H19NO3S/c1-18(11-12-4-7-14(22-3)8-5-12)17(20)15-9-6-13(21-2)10-16(15)19/h4-10,19H,11H2,1-3H3. The van der Waals surface area contributed by atoms with Gasteiger partial charge in [-0.2, -0.15) is 0 Å². The lowest BCUT2D eigenvalue weighted by atomic mass is 10.1. The number of hydrogen-bond donors (Lipinski definition) is 1. The van der Waals surface area contributed by atoms with E-state index in [0.717, 1.165) is 5.56 Å². The zero-order valence-corrected chi connectivity index (χ0v) is 13.7. The summed E-state index contributed by atoms with van der Waals surface area (Å²) in [7, 11) is 3.23. The van der Waals surface area contributed by atoms with E-state index in [0.29, 0.717) is 12.3 Å². The maximum absolute atomic E-state index is 12.4. The van der Waals surface area contributed by atoms with Crippen molar-refractivity contribution in [2.24, 2.45) is 0 Å². The van der Waals surface area contributed by atoms with Crippen LogP contribution < -0.4 is 4.74 Å². The number of carbonyl (C=O) groups is 1. The Morgan fingerprint density at radius 1 is 1.23 bits per heavy atom. The predicted molar refractivity (Wildman–Crippen MR) is 88.7 cm³/mol. The summed E-state index contributed by atoms with van der Waals surface area (Å²) in [4.78, 5) is 15.2. The van der Waals surface area contributed by atoms with E-state index in [1.807, 2.05) is 30.5 Å². The lowest BCUT2D eigenvalue weighted by molar-refractivity contribution is 0.0782. The Morgan fingerprint density at radius 2 is 1.91 bits per heavy atom. The average molecular weight is 317 g/mol. The van der Waals surface area contributed by atoms with Crippen LogP contribution >= 0.6 is 11.8 Å². The van der Waals surface area contributed by atoms with Gasteiger partial charge < -0.3 is 14.7 Å². The Kier molecular flexibility index (Phi) is 5.33. The molecule has 2 aromatic rings. The normalized spacial score (nSPS) is 10.3. The van der Waals surface area contributed by atoms with Gasteiger partial charge in [0.05, 0.1) is 12.7 Å². The summed E-state index contributed by atoms with van der Waals surface area (Å²) in [5.74, 6) is 0.215.